The van der Waals surface area contributed by atoms with Crippen molar-refractivity contribution < 1.29 is 22.7 Å². The van der Waals surface area contributed by atoms with Crippen LogP contribution in [0.15, 0.2) is 58.4 Å². The van der Waals surface area contributed by atoms with Crippen molar-refractivity contribution >= 4 is 43.3 Å². The van der Waals surface area contributed by atoms with Gasteiger partial charge in [0, 0.05) is 6.42 Å². The van der Waals surface area contributed by atoms with Crippen LogP contribution in [0.1, 0.15) is 45.1 Å². The van der Waals surface area contributed by atoms with Crippen molar-refractivity contribution in [2.24, 2.45) is 4.99 Å². The van der Waals surface area contributed by atoms with E-state index in [4.69, 9.17) is 4.74 Å². The summed E-state index contributed by atoms with van der Waals surface area (Å²) in [5.74, 6) is -0.951. The number of amides is 1. The molecule has 34 heavy (non-hydrogen) atoms. The minimum Gasteiger partial charge on any atom is -0.465 e. The number of benzene rings is 2. The number of ether oxygens (including phenoxy) is 1. The lowest BCUT2D eigenvalue weighted by atomic mass is 10.1. The Hall–Kier alpha value is -2.78. The van der Waals surface area contributed by atoms with E-state index >= 15 is 0 Å². The summed E-state index contributed by atoms with van der Waals surface area (Å²) in [6, 6.07) is 14.3. The van der Waals surface area contributed by atoms with Gasteiger partial charge < -0.3 is 9.30 Å². The second-order valence-electron chi connectivity index (χ2n) is 7.92. The van der Waals surface area contributed by atoms with Crippen LogP contribution < -0.4 is 4.80 Å². The van der Waals surface area contributed by atoms with E-state index in [2.05, 4.69) is 18.0 Å². The first kappa shape index (κ1) is 25.8. The summed E-state index contributed by atoms with van der Waals surface area (Å²) in [6.45, 7) is 4.11. The second-order valence-corrected chi connectivity index (χ2v) is 11.0. The molecule has 182 valence electrons. The largest absolute Gasteiger partial charge is 0.465 e. The Morgan fingerprint density at radius 2 is 1.82 bits per heavy atom. The molecule has 2 aromatic carbocycles. The molecule has 3 aromatic rings. The maximum Gasteiger partial charge on any atom is 0.326 e. The van der Waals surface area contributed by atoms with Crippen molar-refractivity contribution in [3.05, 3.63) is 58.9 Å². The third-order valence-electron chi connectivity index (χ3n) is 5.29. The Morgan fingerprint density at radius 3 is 2.53 bits per heavy atom. The highest BCUT2D eigenvalue weighted by molar-refractivity contribution is 7.91. The van der Waals surface area contributed by atoms with Crippen LogP contribution in [-0.2, 0) is 37.1 Å². The lowest BCUT2D eigenvalue weighted by Gasteiger charge is -2.06. The zero-order valence-electron chi connectivity index (χ0n) is 19.5. The number of sulfone groups is 1. The number of carbonyl (C=O) groups excluding carboxylic acids is 2. The molecule has 3 rings (SSSR count). The van der Waals surface area contributed by atoms with Crippen LogP contribution in [0.3, 0.4) is 0 Å². The van der Waals surface area contributed by atoms with Crippen LogP contribution >= 0.6 is 11.3 Å². The van der Waals surface area contributed by atoms with Crippen LogP contribution in [0, 0.1) is 0 Å². The maximum atomic E-state index is 12.6. The SMILES string of the molecule is CCCCc1ccc2c(c1)sc(=NC(=O)CCCS(=O)(=O)c1ccccc1)n2CC(=O)OCC. The number of aryl methyl sites for hydroxylation is 1. The number of esters is 1. The minimum absolute atomic E-state index is 0.00145. The van der Waals surface area contributed by atoms with Gasteiger partial charge in [-0.1, -0.05) is 48.9 Å². The first-order chi connectivity index (χ1) is 16.3. The molecule has 1 amide bonds. The summed E-state index contributed by atoms with van der Waals surface area (Å²) in [7, 11) is -3.45. The highest BCUT2D eigenvalue weighted by atomic mass is 32.2. The number of fused-ring (bicyclic) bond motifs is 1. The predicted octanol–water partition coefficient (Wildman–Crippen LogP) is 4.29. The van der Waals surface area contributed by atoms with Gasteiger partial charge in [0.15, 0.2) is 14.6 Å². The normalized spacial score (nSPS) is 12.2. The number of thiazole rings is 1. The van der Waals surface area contributed by atoms with E-state index in [-0.39, 0.29) is 36.6 Å². The van der Waals surface area contributed by atoms with Crippen LogP contribution in [0.5, 0.6) is 0 Å². The molecule has 0 bridgehead atoms. The highest BCUT2D eigenvalue weighted by Gasteiger charge is 2.16. The summed E-state index contributed by atoms with van der Waals surface area (Å²) < 4.78 is 32.6. The van der Waals surface area contributed by atoms with Crippen molar-refractivity contribution in [1.82, 2.24) is 4.57 Å². The standard InChI is InChI=1S/C25H30N2O5S2/c1-3-5-10-19-14-15-21-22(17-19)33-25(27(21)18-24(29)32-4-2)26-23(28)13-9-16-34(30,31)20-11-7-6-8-12-20/h6-8,11-12,14-15,17H,3-5,9-10,13,16,18H2,1-2H3. The third kappa shape index (κ3) is 6.87. The van der Waals surface area contributed by atoms with E-state index in [1.54, 1.807) is 41.8 Å². The smallest absolute Gasteiger partial charge is 0.326 e. The second kappa shape index (κ2) is 12.1. The Kier molecular flexibility index (Phi) is 9.18. The molecule has 0 radical (unpaired) electrons. The number of carbonyl (C=O) groups is 2. The average molecular weight is 503 g/mol. The molecule has 0 aliphatic carbocycles. The van der Waals surface area contributed by atoms with E-state index in [1.807, 2.05) is 12.1 Å². The van der Waals surface area contributed by atoms with Crippen molar-refractivity contribution in [3.63, 3.8) is 0 Å². The van der Waals surface area contributed by atoms with Crippen LogP contribution in [-0.4, -0.2) is 37.2 Å². The number of aromatic nitrogens is 1. The molecule has 9 heteroatoms. The number of nitrogens with zero attached hydrogens (tertiary/aromatic N) is 2. The Balaban J connectivity index is 1.81. The van der Waals surface area contributed by atoms with Gasteiger partial charge in [0.25, 0.3) is 0 Å². The lowest BCUT2D eigenvalue weighted by molar-refractivity contribution is -0.143. The van der Waals surface area contributed by atoms with Crippen molar-refractivity contribution in [3.8, 4) is 0 Å². The average Bonchev–Trinajstić information content (AvgIpc) is 3.14. The zero-order chi connectivity index (χ0) is 24.6. The van der Waals surface area contributed by atoms with Gasteiger partial charge in [-0.05, 0) is 56.0 Å². The molecule has 0 spiro atoms. The zero-order valence-corrected chi connectivity index (χ0v) is 21.2. The molecule has 0 fully saturated rings. The van der Waals surface area contributed by atoms with Gasteiger partial charge in [-0.2, -0.15) is 4.99 Å². The molecule has 0 aliphatic heterocycles. The minimum atomic E-state index is -3.45. The molecule has 7 nitrogen and oxygen atoms in total. The summed E-state index contributed by atoms with van der Waals surface area (Å²) in [5.41, 5.74) is 2.01. The molecule has 0 atom stereocenters. The van der Waals surface area contributed by atoms with E-state index in [9.17, 15) is 18.0 Å². The highest BCUT2D eigenvalue weighted by Crippen LogP contribution is 2.21. The summed E-state index contributed by atoms with van der Waals surface area (Å²) in [4.78, 5) is 29.7. The summed E-state index contributed by atoms with van der Waals surface area (Å²) >= 11 is 1.35. The first-order valence-electron chi connectivity index (χ1n) is 11.5. The van der Waals surface area contributed by atoms with Gasteiger partial charge in [-0.25, -0.2) is 8.42 Å². The molecule has 1 heterocycles. The van der Waals surface area contributed by atoms with E-state index in [0.29, 0.717) is 4.80 Å². The monoisotopic (exact) mass is 502 g/mol. The van der Waals surface area contributed by atoms with Gasteiger partial charge in [0.1, 0.15) is 6.54 Å². The third-order valence-corrected chi connectivity index (χ3v) is 8.14. The summed E-state index contributed by atoms with van der Waals surface area (Å²) in [6.07, 6.45) is 3.32. The maximum absolute atomic E-state index is 12.6. The molecule has 0 saturated heterocycles. The molecule has 0 saturated carbocycles. The van der Waals surface area contributed by atoms with Crippen molar-refractivity contribution in [2.45, 2.75) is 57.4 Å². The van der Waals surface area contributed by atoms with Crippen LogP contribution in [0.4, 0.5) is 0 Å². The van der Waals surface area contributed by atoms with Gasteiger partial charge >= 0.3 is 5.97 Å². The Morgan fingerprint density at radius 1 is 1.06 bits per heavy atom. The van der Waals surface area contributed by atoms with Crippen LogP contribution in [0.2, 0.25) is 0 Å². The number of hydrogen-bond acceptors (Lipinski definition) is 6. The fourth-order valence-corrected chi connectivity index (χ4v) is 5.99. The van der Waals surface area contributed by atoms with Crippen molar-refractivity contribution in [2.75, 3.05) is 12.4 Å². The van der Waals surface area contributed by atoms with Crippen LogP contribution in [0.25, 0.3) is 10.2 Å². The molecule has 0 unspecified atom stereocenters. The number of hydrogen-bond donors (Lipinski definition) is 0. The lowest BCUT2D eigenvalue weighted by Crippen LogP contribution is -2.23. The number of unbranched alkanes of at least 4 members (excludes halogenated alkanes) is 1. The van der Waals surface area contributed by atoms with Gasteiger partial charge in [-0.3, -0.25) is 9.59 Å². The molecule has 0 N–H and O–H groups in total. The Labute approximate surface area is 204 Å². The van der Waals surface area contributed by atoms with Crippen molar-refractivity contribution in [1.29, 1.82) is 0 Å². The Bertz CT molecular complexity index is 1310. The van der Waals surface area contributed by atoms with Gasteiger partial charge in [0.2, 0.25) is 5.91 Å². The quantitative estimate of drug-likeness (QED) is 0.365. The fourth-order valence-electron chi connectivity index (χ4n) is 3.55. The van der Waals surface area contributed by atoms with E-state index in [0.717, 1.165) is 29.5 Å². The summed E-state index contributed by atoms with van der Waals surface area (Å²) in [5, 5.41) is 0. The topological polar surface area (TPSA) is 94.8 Å². The first-order valence-corrected chi connectivity index (χ1v) is 13.9. The molecular formula is C25H30N2O5S2. The van der Waals surface area contributed by atoms with Gasteiger partial charge in [-0.15, -0.1) is 0 Å². The molecule has 0 aliphatic rings. The molecular weight excluding hydrogens is 472 g/mol. The fraction of sp³-hybridized carbons (Fsp3) is 0.400. The van der Waals surface area contributed by atoms with Gasteiger partial charge in [0.05, 0.1) is 27.5 Å². The molecule has 1 aromatic heterocycles. The number of rotatable bonds is 11. The van der Waals surface area contributed by atoms with E-state index < -0.39 is 21.7 Å². The predicted molar refractivity (Wildman–Crippen MR) is 133 cm³/mol. The van der Waals surface area contributed by atoms with E-state index in [1.165, 1.54) is 16.9 Å².